The van der Waals surface area contributed by atoms with Gasteiger partial charge in [-0.3, -0.25) is 0 Å². The standard InChI is InChI=1S/C16H16BrNO2/c1-12(17)16(18-19-2)13-7-6-10-15(11-13)20-14-8-4-3-5-9-14/h3-12H,1-2H3. The lowest BCUT2D eigenvalue weighted by Crippen LogP contribution is -2.12. The molecule has 4 heteroatoms. The van der Waals surface area contributed by atoms with Gasteiger partial charge in [-0.25, -0.2) is 0 Å². The summed E-state index contributed by atoms with van der Waals surface area (Å²) in [5.74, 6) is 1.58. The predicted octanol–water partition coefficient (Wildman–Crippen LogP) is 4.61. The second kappa shape index (κ2) is 7.10. The molecule has 0 amide bonds. The highest BCUT2D eigenvalue weighted by atomic mass is 79.9. The van der Waals surface area contributed by atoms with Crippen LogP contribution in [0.2, 0.25) is 0 Å². The zero-order valence-corrected chi connectivity index (χ0v) is 13.0. The first-order chi connectivity index (χ1) is 9.70. The van der Waals surface area contributed by atoms with Gasteiger partial charge in [0.1, 0.15) is 24.3 Å². The maximum Gasteiger partial charge on any atom is 0.128 e. The van der Waals surface area contributed by atoms with Crippen LogP contribution in [0.1, 0.15) is 12.5 Å². The molecule has 2 rings (SSSR count). The van der Waals surface area contributed by atoms with Crippen molar-refractivity contribution in [2.24, 2.45) is 5.16 Å². The fraction of sp³-hybridized carbons (Fsp3) is 0.188. The van der Waals surface area contributed by atoms with Crippen LogP contribution in [0.5, 0.6) is 11.5 Å². The minimum Gasteiger partial charge on any atom is -0.457 e. The summed E-state index contributed by atoms with van der Waals surface area (Å²) in [5, 5.41) is 4.06. The normalized spacial score (nSPS) is 12.8. The van der Waals surface area contributed by atoms with Gasteiger partial charge in [0.25, 0.3) is 0 Å². The molecule has 0 radical (unpaired) electrons. The van der Waals surface area contributed by atoms with Gasteiger partial charge in [-0.2, -0.15) is 0 Å². The molecule has 0 aliphatic carbocycles. The van der Waals surface area contributed by atoms with Crippen LogP contribution in [0.25, 0.3) is 0 Å². The van der Waals surface area contributed by atoms with E-state index in [1.165, 1.54) is 0 Å². The average molecular weight is 334 g/mol. The molecule has 0 N–H and O–H groups in total. The largest absolute Gasteiger partial charge is 0.457 e. The third-order valence-electron chi connectivity index (χ3n) is 2.68. The van der Waals surface area contributed by atoms with Crippen LogP contribution in [-0.4, -0.2) is 17.6 Å². The smallest absolute Gasteiger partial charge is 0.128 e. The molecule has 1 unspecified atom stereocenters. The SMILES string of the molecule is CON=C(c1cccc(Oc2ccccc2)c1)C(C)Br. The fourth-order valence-corrected chi connectivity index (χ4v) is 2.14. The number of alkyl halides is 1. The molecule has 0 aromatic heterocycles. The van der Waals surface area contributed by atoms with E-state index in [0.29, 0.717) is 0 Å². The quantitative estimate of drug-likeness (QED) is 0.454. The summed E-state index contributed by atoms with van der Waals surface area (Å²) >= 11 is 3.52. The highest BCUT2D eigenvalue weighted by molar-refractivity contribution is 9.10. The number of rotatable bonds is 5. The van der Waals surface area contributed by atoms with Crippen LogP contribution < -0.4 is 4.74 Å². The number of para-hydroxylation sites is 1. The molecule has 3 nitrogen and oxygen atoms in total. The Kier molecular flexibility index (Phi) is 5.18. The second-order valence-corrected chi connectivity index (χ2v) is 5.59. The van der Waals surface area contributed by atoms with Crippen molar-refractivity contribution in [2.75, 3.05) is 7.11 Å². The van der Waals surface area contributed by atoms with Gasteiger partial charge in [-0.1, -0.05) is 51.4 Å². The molecule has 0 aliphatic rings. The average Bonchev–Trinajstić information content (AvgIpc) is 2.46. The molecular formula is C16H16BrNO2. The molecule has 0 saturated carbocycles. The number of oxime groups is 1. The number of ether oxygens (including phenoxy) is 1. The van der Waals surface area contributed by atoms with E-state index in [9.17, 15) is 0 Å². The van der Waals surface area contributed by atoms with Gasteiger partial charge in [0.05, 0.1) is 4.83 Å². The Morgan fingerprint density at radius 3 is 2.40 bits per heavy atom. The van der Waals surface area contributed by atoms with E-state index in [1.54, 1.807) is 7.11 Å². The van der Waals surface area contributed by atoms with Crippen molar-refractivity contribution in [3.05, 3.63) is 60.2 Å². The van der Waals surface area contributed by atoms with Crippen LogP contribution in [0.3, 0.4) is 0 Å². The first-order valence-corrected chi connectivity index (χ1v) is 7.20. The van der Waals surface area contributed by atoms with Crippen molar-refractivity contribution < 1.29 is 9.57 Å². The van der Waals surface area contributed by atoms with Gasteiger partial charge < -0.3 is 9.57 Å². The Morgan fingerprint density at radius 2 is 1.75 bits per heavy atom. The monoisotopic (exact) mass is 333 g/mol. The molecule has 0 saturated heterocycles. The first-order valence-electron chi connectivity index (χ1n) is 6.29. The summed E-state index contributed by atoms with van der Waals surface area (Å²) < 4.78 is 5.82. The van der Waals surface area contributed by atoms with E-state index in [0.717, 1.165) is 22.8 Å². The van der Waals surface area contributed by atoms with Gasteiger partial charge in [0.15, 0.2) is 0 Å². The van der Waals surface area contributed by atoms with Gasteiger partial charge in [-0.05, 0) is 31.2 Å². The van der Waals surface area contributed by atoms with E-state index in [4.69, 9.17) is 9.57 Å². The van der Waals surface area contributed by atoms with E-state index >= 15 is 0 Å². The van der Waals surface area contributed by atoms with Crippen molar-refractivity contribution >= 4 is 21.6 Å². The lowest BCUT2D eigenvalue weighted by molar-refractivity contribution is 0.213. The van der Waals surface area contributed by atoms with Crippen LogP contribution >= 0.6 is 15.9 Å². The summed E-state index contributed by atoms with van der Waals surface area (Å²) in [6, 6.07) is 17.5. The molecule has 2 aromatic carbocycles. The molecule has 0 bridgehead atoms. The number of nitrogens with zero attached hydrogens (tertiary/aromatic N) is 1. The summed E-state index contributed by atoms with van der Waals surface area (Å²) in [7, 11) is 1.54. The lowest BCUT2D eigenvalue weighted by Gasteiger charge is -2.10. The van der Waals surface area contributed by atoms with E-state index in [2.05, 4.69) is 21.1 Å². The Morgan fingerprint density at radius 1 is 1.05 bits per heavy atom. The zero-order chi connectivity index (χ0) is 14.4. The summed E-state index contributed by atoms with van der Waals surface area (Å²) in [6.45, 7) is 2.00. The summed E-state index contributed by atoms with van der Waals surface area (Å²) in [5.41, 5.74) is 1.79. The van der Waals surface area contributed by atoms with E-state index in [1.807, 2.05) is 61.5 Å². The Labute approximate surface area is 127 Å². The van der Waals surface area contributed by atoms with Crippen LogP contribution in [0, 0.1) is 0 Å². The predicted molar refractivity (Wildman–Crippen MR) is 84.9 cm³/mol. The minimum absolute atomic E-state index is 0.0921. The fourth-order valence-electron chi connectivity index (χ4n) is 1.80. The Balaban J connectivity index is 2.26. The maximum atomic E-state index is 5.82. The van der Waals surface area contributed by atoms with Crippen molar-refractivity contribution in [1.82, 2.24) is 0 Å². The molecule has 20 heavy (non-hydrogen) atoms. The van der Waals surface area contributed by atoms with Crippen molar-refractivity contribution in [3.8, 4) is 11.5 Å². The molecule has 1 atom stereocenters. The molecule has 0 spiro atoms. The number of halogens is 1. The highest BCUT2D eigenvalue weighted by Crippen LogP contribution is 2.23. The van der Waals surface area contributed by atoms with E-state index < -0.39 is 0 Å². The van der Waals surface area contributed by atoms with Gasteiger partial charge >= 0.3 is 0 Å². The lowest BCUT2D eigenvalue weighted by atomic mass is 10.1. The first kappa shape index (κ1) is 14.6. The Bertz CT molecular complexity index is 582. The maximum absolute atomic E-state index is 5.82. The Hall–Kier alpha value is -1.81. The molecule has 2 aromatic rings. The number of hydrogen-bond donors (Lipinski definition) is 0. The zero-order valence-electron chi connectivity index (χ0n) is 11.4. The molecule has 0 aliphatic heterocycles. The molecule has 0 heterocycles. The van der Waals surface area contributed by atoms with E-state index in [-0.39, 0.29) is 4.83 Å². The van der Waals surface area contributed by atoms with Gasteiger partial charge in [-0.15, -0.1) is 0 Å². The number of benzene rings is 2. The molecule has 0 fully saturated rings. The summed E-state index contributed by atoms with van der Waals surface area (Å²) in [4.78, 5) is 4.99. The highest BCUT2D eigenvalue weighted by Gasteiger charge is 2.12. The van der Waals surface area contributed by atoms with Gasteiger partial charge in [0.2, 0.25) is 0 Å². The minimum atomic E-state index is 0.0921. The topological polar surface area (TPSA) is 30.8 Å². The number of hydrogen-bond acceptors (Lipinski definition) is 3. The summed E-state index contributed by atoms with van der Waals surface area (Å²) in [6.07, 6.45) is 0. The van der Waals surface area contributed by atoms with Crippen LogP contribution in [0.4, 0.5) is 0 Å². The van der Waals surface area contributed by atoms with Crippen LogP contribution in [-0.2, 0) is 4.84 Å². The van der Waals surface area contributed by atoms with Crippen molar-refractivity contribution in [2.45, 2.75) is 11.8 Å². The third-order valence-corrected chi connectivity index (χ3v) is 3.11. The van der Waals surface area contributed by atoms with Crippen molar-refractivity contribution in [3.63, 3.8) is 0 Å². The second-order valence-electron chi connectivity index (χ2n) is 4.22. The third kappa shape index (κ3) is 3.84. The molecular weight excluding hydrogens is 318 g/mol. The van der Waals surface area contributed by atoms with Crippen LogP contribution in [0.15, 0.2) is 59.8 Å². The molecule has 104 valence electrons. The van der Waals surface area contributed by atoms with Gasteiger partial charge in [0, 0.05) is 5.56 Å². The van der Waals surface area contributed by atoms with Crippen molar-refractivity contribution in [1.29, 1.82) is 0 Å².